The maximum absolute atomic E-state index is 12.4. The SMILES string of the molecule is Cc1nn(C)c(Cl)c1CC(=O)C(C(F)(F)F)C(F)(F)F. The smallest absolute Gasteiger partial charge is 0.298 e. The predicted octanol–water partition coefficient (Wildman–Crippen LogP) is 3.23. The van der Waals surface area contributed by atoms with Gasteiger partial charge in [0.05, 0.1) is 5.69 Å². The molecule has 0 radical (unpaired) electrons. The molecular formula is C10H9ClF6N2O. The van der Waals surface area contributed by atoms with Gasteiger partial charge in [-0.05, 0) is 6.92 Å². The topological polar surface area (TPSA) is 34.9 Å². The van der Waals surface area contributed by atoms with Gasteiger partial charge in [0, 0.05) is 19.0 Å². The van der Waals surface area contributed by atoms with E-state index < -0.39 is 30.5 Å². The van der Waals surface area contributed by atoms with Crippen molar-refractivity contribution in [3.05, 3.63) is 16.4 Å². The number of halogens is 7. The van der Waals surface area contributed by atoms with Gasteiger partial charge >= 0.3 is 12.4 Å². The molecule has 0 aromatic carbocycles. The Hall–Kier alpha value is -1.25. The molecule has 114 valence electrons. The van der Waals surface area contributed by atoms with E-state index in [0.29, 0.717) is 0 Å². The lowest BCUT2D eigenvalue weighted by Crippen LogP contribution is -2.43. The number of rotatable bonds is 3. The molecule has 0 spiro atoms. The van der Waals surface area contributed by atoms with E-state index in [1.54, 1.807) is 0 Å². The van der Waals surface area contributed by atoms with Crippen LogP contribution in [0.1, 0.15) is 11.3 Å². The van der Waals surface area contributed by atoms with Crippen LogP contribution >= 0.6 is 11.6 Å². The fraction of sp³-hybridized carbons (Fsp3) is 0.600. The van der Waals surface area contributed by atoms with E-state index in [2.05, 4.69) is 5.10 Å². The third-order valence-electron chi connectivity index (χ3n) is 2.60. The average Bonchev–Trinajstić information content (AvgIpc) is 2.40. The molecule has 1 rings (SSSR count). The van der Waals surface area contributed by atoms with Crippen LogP contribution < -0.4 is 0 Å². The molecule has 1 aromatic heterocycles. The molecule has 0 bridgehead atoms. The van der Waals surface area contributed by atoms with Gasteiger partial charge in [-0.25, -0.2) is 0 Å². The maximum Gasteiger partial charge on any atom is 0.407 e. The van der Waals surface area contributed by atoms with Crippen molar-refractivity contribution in [1.29, 1.82) is 0 Å². The number of ketones is 1. The molecule has 10 heteroatoms. The van der Waals surface area contributed by atoms with Crippen molar-refractivity contribution in [3.8, 4) is 0 Å². The zero-order valence-electron chi connectivity index (χ0n) is 10.2. The number of carbonyl (C=O) groups is 1. The second-order valence-corrected chi connectivity index (χ2v) is 4.50. The maximum atomic E-state index is 12.4. The summed E-state index contributed by atoms with van der Waals surface area (Å²) >= 11 is 5.68. The molecule has 20 heavy (non-hydrogen) atoms. The first-order valence-corrected chi connectivity index (χ1v) is 5.57. The third-order valence-corrected chi connectivity index (χ3v) is 3.07. The molecule has 3 nitrogen and oxygen atoms in total. The van der Waals surface area contributed by atoms with Crippen molar-refractivity contribution in [3.63, 3.8) is 0 Å². The van der Waals surface area contributed by atoms with E-state index in [-0.39, 0.29) is 16.4 Å². The lowest BCUT2D eigenvalue weighted by molar-refractivity contribution is -0.273. The van der Waals surface area contributed by atoms with Crippen molar-refractivity contribution in [2.75, 3.05) is 0 Å². The van der Waals surface area contributed by atoms with Gasteiger partial charge in [-0.1, -0.05) is 11.6 Å². The summed E-state index contributed by atoms with van der Waals surface area (Å²) in [6.07, 6.45) is -12.5. The lowest BCUT2D eigenvalue weighted by Gasteiger charge is -2.21. The van der Waals surface area contributed by atoms with Crippen molar-refractivity contribution in [1.82, 2.24) is 9.78 Å². The highest BCUT2D eigenvalue weighted by molar-refractivity contribution is 6.30. The Morgan fingerprint density at radius 3 is 2.00 bits per heavy atom. The van der Waals surface area contributed by atoms with Crippen LogP contribution in [0.4, 0.5) is 26.3 Å². The summed E-state index contributed by atoms with van der Waals surface area (Å²) in [5.41, 5.74) is -0.0355. The highest BCUT2D eigenvalue weighted by Crippen LogP contribution is 2.40. The second kappa shape index (κ2) is 5.27. The highest BCUT2D eigenvalue weighted by atomic mass is 35.5. The van der Waals surface area contributed by atoms with Crippen molar-refractivity contribution in [2.24, 2.45) is 13.0 Å². The van der Waals surface area contributed by atoms with Gasteiger partial charge in [0.1, 0.15) is 5.15 Å². The summed E-state index contributed by atoms with van der Waals surface area (Å²) in [5, 5.41) is 3.55. The van der Waals surface area contributed by atoms with Crippen molar-refractivity contribution >= 4 is 17.4 Å². The number of hydrogen-bond acceptors (Lipinski definition) is 2. The molecule has 0 N–H and O–H groups in total. The number of hydrogen-bond donors (Lipinski definition) is 0. The monoisotopic (exact) mass is 322 g/mol. The molecular weight excluding hydrogens is 314 g/mol. The summed E-state index contributed by atoms with van der Waals surface area (Å²) in [5.74, 6) is -6.03. The first-order valence-electron chi connectivity index (χ1n) is 5.19. The Balaban J connectivity index is 3.10. The number of alkyl halides is 6. The first-order chi connectivity index (χ1) is 8.85. The Labute approximate surface area is 114 Å². The summed E-state index contributed by atoms with van der Waals surface area (Å²) in [7, 11) is 1.36. The van der Waals surface area contributed by atoms with Gasteiger partial charge in [-0.3, -0.25) is 9.48 Å². The Morgan fingerprint density at radius 1 is 1.25 bits per heavy atom. The molecule has 0 aliphatic rings. The summed E-state index contributed by atoms with van der Waals surface area (Å²) in [4.78, 5) is 11.4. The summed E-state index contributed by atoms with van der Waals surface area (Å²) in [6, 6.07) is 0. The van der Waals surface area contributed by atoms with Gasteiger partial charge in [0.15, 0.2) is 5.78 Å². The molecule has 0 saturated heterocycles. The number of nitrogens with zero attached hydrogens (tertiary/aromatic N) is 2. The van der Waals surface area contributed by atoms with Crippen LogP contribution in [-0.4, -0.2) is 27.9 Å². The van der Waals surface area contributed by atoms with Crippen LogP contribution in [0.2, 0.25) is 5.15 Å². The Kier molecular flexibility index (Phi) is 4.42. The minimum absolute atomic E-state index is 0.106. The normalized spacial score (nSPS) is 13.1. The molecule has 0 saturated carbocycles. The van der Waals surface area contributed by atoms with E-state index in [9.17, 15) is 31.1 Å². The van der Waals surface area contributed by atoms with Crippen LogP contribution in [0.5, 0.6) is 0 Å². The third kappa shape index (κ3) is 3.44. The van der Waals surface area contributed by atoms with E-state index in [0.717, 1.165) is 4.68 Å². The van der Waals surface area contributed by atoms with Crippen LogP contribution in [0.25, 0.3) is 0 Å². The number of aromatic nitrogens is 2. The highest BCUT2D eigenvalue weighted by Gasteiger charge is 2.60. The molecule has 0 atom stereocenters. The predicted molar refractivity (Wildman–Crippen MR) is 57.3 cm³/mol. The van der Waals surface area contributed by atoms with Crippen LogP contribution in [0.3, 0.4) is 0 Å². The standard InChI is InChI=1S/C10H9ClF6N2O/c1-4-5(8(11)19(2)18-4)3-6(20)7(9(12,13)14)10(15,16)17/h7H,3H2,1-2H3. The average molecular weight is 323 g/mol. The molecule has 0 aliphatic carbocycles. The van der Waals surface area contributed by atoms with E-state index >= 15 is 0 Å². The number of Topliss-reactive ketones (excluding diaryl/α,β-unsaturated/α-hetero) is 1. The minimum atomic E-state index is -5.70. The molecule has 1 aromatic rings. The number of aryl methyl sites for hydroxylation is 2. The Bertz CT molecular complexity index is 505. The quantitative estimate of drug-likeness (QED) is 0.801. The van der Waals surface area contributed by atoms with E-state index in [1.165, 1.54) is 14.0 Å². The minimum Gasteiger partial charge on any atom is -0.298 e. The fourth-order valence-corrected chi connectivity index (χ4v) is 1.94. The van der Waals surface area contributed by atoms with Gasteiger partial charge in [-0.15, -0.1) is 0 Å². The van der Waals surface area contributed by atoms with Gasteiger partial charge < -0.3 is 0 Å². The molecule has 0 unspecified atom stereocenters. The van der Waals surface area contributed by atoms with Gasteiger partial charge in [-0.2, -0.15) is 31.4 Å². The Morgan fingerprint density at radius 2 is 1.70 bits per heavy atom. The summed E-state index contributed by atoms with van der Waals surface area (Å²) < 4.78 is 75.4. The second-order valence-electron chi connectivity index (χ2n) is 4.14. The number of carbonyl (C=O) groups excluding carboxylic acids is 1. The van der Waals surface area contributed by atoms with Crippen molar-refractivity contribution < 1.29 is 31.1 Å². The lowest BCUT2D eigenvalue weighted by atomic mass is 9.97. The van der Waals surface area contributed by atoms with E-state index in [4.69, 9.17) is 11.6 Å². The van der Waals surface area contributed by atoms with E-state index in [1.807, 2.05) is 0 Å². The molecule has 1 heterocycles. The largest absolute Gasteiger partial charge is 0.407 e. The molecule has 0 fully saturated rings. The first kappa shape index (κ1) is 16.8. The van der Waals surface area contributed by atoms with Crippen LogP contribution in [0, 0.1) is 12.8 Å². The summed E-state index contributed by atoms with van der Waals surface area (Å²) in [6.45, 7) is 1.34. The fourth-order valence-electron chi connectivity index (χ4n) is 1.70. The zero-order valence-corrected chi connectivity index (χ0v) is 11.0. The van der Waals surface area contributed by atoms with Gasteiger partial charge in [0.2, 0.25) is 5.92 Å². The molecule has 0 aliphatic heterocycles. The van der Waals surface area contributed by atoms with Crippen LogP contribution in [0.15, 0.2) is 0 Å². The van der Waals surface area contributed by atoms with Crippen LogP contribution in [-0.2, 0) is 18.3 Å². The zero-order chi connectivity index (χ0) is 15.9. The van der Waals surface area contributed by atoms with Gasteiger partial charge in [0.25, 0.3) is 0 Å². The van der Waals surface area contributed by atoms with Crippen molar-refractivity contribution in [2.45, 2.75) is 25.7 Å². The molecule has 0 amide bonds.